The van der Waals surface area contributed by atoms with Gasteiger partial charge in [0.15, 0.2) is 0 Å². The van der Waals surface area contributed by atoms with Crippen LogP contribution in [0.3, 0.4) is 0 Å². The average molecular weight is 388 g/mol. The molecule has 2 N–H and O–H groups in total. The molecule has 2 aromatic carbocycles. The first kappa shape index (κ1) is 14.7. The molecule has 21 heavy (non-hydrogen) atoms. The topological polar surface area (TPSA) is 63.4 Å². The predicted molar refractivity (Wildman–Crippen MR) is 88.2 cm³/mol. The summed E-state index contributed by atoms with van der Waals surface area (Å²) in [6.45, 7) is 0.395. The van der Waals surface area contributed by atoms with Crippen molar-refractivity contribution in [3.05, 3.63) is 51.5 Å². The van der Waals surface area contributed by atoms with Gasteiger partial charge in [-0.05, 0) is 52.2 Å². The highest BCUT2D eigenvalue weighted by Crippen LogP contribution is 2.38. The highest BCUT2D eigenvalue weighted by Gasteiger charge is 2.32. The SMILES string of the molecule is Nc1cccc2c1N(S(=O)(=O)c1ccc(Cl)c(Br)c1)CC2. The van der Waals surface area contributed by atoms with Gasteiger partial charge in [0.05, 0.1) is 21.3 Å². The molecule has 3 rings (SSSR count). The maximum absolute atomic E-state index is 12.8. The third-order valence-electron chi connectivity index (χ3n) is 3.46. The largest absolute Gasteiger partial charge is 0.397 e. The molecule has 7 heteroatoms. The maximum atomic E-state index is 12.8. The number of para-hydroxylation sites is 1. The highest BCUT2D eigenvalue weighted by atomic mass is 79.9. The van der Waals surface area contributed by atoms with E-state index in [-0.39, 0.29) is 4.90 Å². The molecule has 0 amide bonds. The lowest BCUT2D eigenvalue weighted by Gasteiger charge is -2.21. The van der Waals surface area contributed by atoms with Gasteiger partial charge in [-0.2, -0.15) is 0 Å². The Morgan fingerprint density at radius 3 is 2.71 bits per heavy atom. The van der Waals surface area contributed by atoms with E-state index in [1.165, 1.54) is 16.4 Å². The van der Waals surface area contributed by atoms with E-state index >= 15 is 0 Å². The molecule has 4 nitrogen and oxygen atoms in total. The van der Waals surface area contributed by atoms with Crippen LogP contribution < -0.4 is 10.0 Å². The van der Waals surface area contributed by atoms with Gasteiger partial charge in [-0.1, -0.05) is 23.7 Å². The van der Waals surface area contributed by atoms with E-state index < -0.39 is 10.0 Å². The van der Waals surface area contributed by atoms with E-state index in [0.29, 0.717) is 33.8 Å². The molecule has 0 saturated heterocycles. The molecule has 2 aromatic rings. The van der Waals surface area contributed by atoms with Crippen molar-refractivity contribution in [1.29, 1.82) is 0 Å². The van der Waals surface area contributed by atoms with Crippen LogP contribution in [0.4, 0.5) is 11.4 Å². The summed E-state index contributed by atoms with van der Waals surface area (Å²) in [7, 11) is -3.65. The van der Waals surface area contributed by atoms with Gasteiger partial charge in [0.2, 0.25) is 0 Å². The fourth-order valence-corrected chi connectivity index (χ4v) is 4.66. The summed E-state index contributed by atoms with van der Waals surface area (Å²) in [5, 5.41) is 0.468. The van der Waals surface area contributed by atoms with E-state index in [0.717, 1.165) is 5.56 Å². The maximum Gasteiger partial charge on any atom is 0.264 e. The Labute approximate surface area is 136 Å². The molecule has 110 valence electrons. The molecule has 1 aliphatic heterocycles. The number of nitrogen functional groups attached to an aromatic ring is 1. The summed E-state index contributed by atoms with van der Waals surface area (Å²) in [6, 6.07) is 10.0. The zero-order valence-corrected chi connectivity index (χ0v) is 14.0. The van der Waals surface area contributed by atoms with Crippen molar-refractivity contribution in [3.63, 3.8) is 0 Å². The molecular formula is C14H12BrClN2O2S. The third kappa shape index (κ3) is 2.41. The summed E-state index contributed by atoms with van der Waals surface area (Å²) in [5.74, 6) is 0. The van der Waals surface area contributed by atoms with E-state index in [1.54, 1.807) is 12.1 Å². The van der Waals surface area contributed by atoms with Gasteiger partial charge in [0.1, 0.15) is 0 Å². The van der Waals surface area contributed by atoms with E-state index in [4.69, 9.17) is 17.3 Å². The third-order valence-corrected chi connectivity index (χ3v) is 6.47. The van der Waals surface area contributed by atoms with Gasteiger partial charge in [-0.25, -0.2) is 8.42 Å². The average Bonchev–Trinajstić information content (AvgIpc) is 2.88. The van der Waals surface area contributed by atoms with Crippen molar-refractivity contribution in [3.8, 4) is 0 Å². The fourth-order valence-electron chi connectivity index (χ4n) is 2.46. The minimum atomic E-state index is -3.65. The number of halogens is 2. The second-order valence-corrected chi connectivity index (χ2v) is 7.88. The zero-order valence-electron chi connectivity index (χ0n) is 10.9. The van der Waals surface area contributed by atoms with Gasteiger partial charge >= 0.3 is 0 Å². The molecule has 0 bridgehead atoms. The molecule has 0 aromatic heterocycles. The Bertz CT molecular complexity index is 824. The predicted octanol–water partition coefficient (Wildman–Crippen LogP) is 3.44. The second-order valence-electron chi connectivity index (χ2n) is 4.76. The molecule has 1 aliphatic rings. The number of nitrogens with two attached hydrogens (primary N) is 1. The van der Waals surface area contributed by atoms with Crippen molar-refractivity contribution in [1.82, 2.24) is 0 Å². The summed E-state index contributed by atoms with van der Waals surface area (Å²) < 4.78 is 27.6. The number of hydrogen-bond acceptors (Lipinski definition) is 3. The number of fused-ring (bicyclic) bond motifs is 1. The first-order chi connectivity index (χ1) is 9.91. The Hall–Kier alpha value is -1.24. The Balaban J connectivity index is 2.11. The van der Waals surface area contributed by atoms with Crippen LogP contribution in [0, 0.1) is 0 Å². The molecule has 0 spiro atoms. The van der Waals surface area contributed by atoms with Crippen molar-refractivity contribution in [2.75, 3.05) is 16.6 Å². The van der Waals surface area contributed by atoms with Crippen LogP contribution in [0.2, 0.25) is 5.02 Å². The summed E-state index contributed by atoms with van der Waals surface area (Å²) in [5.41, 5.74) is 7.97. The van der Waals surface area contributed by atoms with Crippen LogP contribution in [0.5, 0.6) is 0 Å². The van der Waals surface area contributed by atoms with Crippen LogP contribution in [0.25, 0.3) is 0 Å². The lowest BCUT2D eigenvalue weighted by molar-refractivity contribution is 0.592. The number of rotatable bonds is 2. The number of sulfonamides is 1. The first-order valence-electron chi connectivity index (χ1n) is 6.26. The van der Waals surface area contributed by atoms with Crippen LogP contribution in [-0.2, 0) is 16.4 Å². The minimum absolute atomic E-state index is 0.190. The van der Waals surface area contributed by atoms with Gasteiger partial charge < -0.3 is 5.73 Å². The molecule has 0 atom stereocenters. The standard InChI is InChI=1S/C14H12BrClN2O2S/c15-11-8-10(4-5-12(11)16)21(19,20)18-7-6-9-2-1-3-13(17)14(9)18/h1-5,8H,6-7,17H2. The van der Waals surface area contributed by atoms with Crippen LogP contribution in [0.1, 0.15) is 5.56 Å². The number of benzene rings is 2. The fraction of sp³-hybridized carbons (Fsp3) is 0.143. The number of hydrogen-bond donors (Lipinski definition) is 1. The Morgan fingerprint density at radius 1 is 1.24 bits per heavy atom. The lowest BCUT2D eigenvalue weighted by atomic mass is 10.1. The normalized spacial score (nSPS) is 14.3. The zero-order chi connectivity index (χ0) is 15.2. The van der Waals surface area contributed by atoms with E-state index in [1.807, 2.05) is 12.1 Å². The van der Waals surface area contributed by atoms with Gasteiger partial charge in [0, 0.05) is 11.0 Å². The quantitative estimate of drug-likeness (QED) is 0.803. The van der Waals surface area contributed by atoms with Crippen molar-refractivity contribution in [2.45, 2.75) is 11.3 Å². The molecule has 0 radical (unpaired) electrons. The van der Waals surface area contributed by atoms with Crippen molar-refractivity contribution in [2.24, 2.45) is 0 Å². The number of anilines is 2. The van der Waals surface area contributed by atoms with Crippen LogP contribution >= 0.6 is 27.5 Å². The van der Waals surface area contributed by atoms with Gasteiger partial charge in [-0.3, -0.25) is 4.31 Å². The van der Waals surface area contributed by atoms with Crippen LogP contribution in [0.15, 0.2) is 45.8 Å². The Morgan fingerprint density at radius 2 is 2.00 bits per heavy atom. The monoisotopic (exact) mass is 386 g/mol. The summed E-state index contributed by atoms with van der Waals surface area (Å²) in [4.78, 5) is 0.190. The minimum Gasteiger partial charge on any atom is -0.397 e. The molecule has 0 fully saturated rings. The molecular weight excluding hydrogens is 376 g/mol. The number of nitrogens with zero attached hydrogens (tertiary/aromatic N) is 1. The van der Waals surface area contributed by atoms with Crippen LogP contribution in [-0.4, -0.2) is 15.0 Å². The van der Waals surface area contributed by atoms with Gasteiger partial charge in [0.25, 0.3) is 10.0 Å². The Kier molecular flexibility index (Phi) is 3.63. The highest BCUT2D eigenvalue weighted by molar-refractivity contribution is 9.10. The summed E-state index contributed by atoms with van der Waals surface area (Å²) in [6.07, 6.45) is 0.661. The van der Waals surface area contributed by atoms with Crippen molar-refractivity contribution < 1.29 is 8.42 Å². The molecule has 0 saturated carbocycles. The lowest BCUT2D eigenvalue weighted by Crippen LogP contribution is -2.29. The molecule has 1 heterocycles. The molecule has 0 aliphatic carbocycles. The first-order valence-corrected chi connectivity index (χ1v) is 8.87. The second kappa shape index (κ2) is 5.19. The summed E-state index contributed by atoms with van der Waals surface area (Å²) >= 11 is 9.18. The molecule has 0 unspecified atom stereocenters. The van der Waals surface area contributed by atoms with E-state index in [9.17, 15) is 8.42 Å². The van der Waals surface area contributed by atoms with E-state index in [2.05, 4.69) is 15.9 Å². The van der Waals surface area contributed by atoms with Crippen molar-refractivity contribution >= 4 is 48.9 Å². The van der Waals surface area contributed by atoms with Gasteiger partial charge in [-0.15, -0.1) is 0 Å². The smallest absolute Gasteiger partial charge is 0.264 e.